The van der Waals surface area contributed by atoms with Gasteiger partial charge in [0.2, 0.25) is 7.14 Å². The summed E-state index contributed by atoms with van der Waals surface area (Å²) in [5.74, 6) is 1.01. The molecule has 124 valence electrons. The minimum atomic E-state index is -6.09. The van der Waals surface area contributed by atoms with E-state index in [0.29, 0.717) is 0 Å². The highest BCUT2D eigenvalue weighted by atomic mass is 127. The molecule has 0 bridgehead atoms. The van der Waals surface area contributed by atoms with Crippen molar-refractivity contribution in [3.8, 4) is 16.9 Å². The average Bonchev–Trinajstić information content (AvgIpc) is 2.84. The van der Waals surface area contributed by atoms with Crippen LogP contribution in [0.2, 0.25) is 0 Å². The fourth-order valence-electron chi connectivity index (χ4n) is 1.87. The Kier molecular flexibility index (Phi) is 5.21. The molecule has 0 fully saturated rings. The lowest BCUT2D eigenvalue weighted by atomic mass is 10.1. The summed E-state index contributed by atoms with van der Waals surface area (Å²) < 4.78 is 67.3. The number of fused-ring (bicyclic) bond motifs is 3. The van der Waals surface area contributed by atoms with Gasteiger partial charge in [0.1, 0.15) is 5.75 Å². The molecule has 0 N–H and O–H groups in total. The lowest BCUT2D eigenvalue weighted by Gasteiger charge is -2.08. The number of halogens is 4. The van der Waals surface area contributed by atoms with Crippen LogP contribution in [0.15, 0.2) is 42.5 Å². The third kappa shape index (κ3) is 3.96. The van der Waals surface area contributed by atoms with Crippen LogP contribution in [0.3, 0.4) is 0 Å². The average molecular weight is 458 g/mol. The Bertz CT molecular complexity index is 819. The number of ether oxygens (including phenoxy) is 1. The summed E-state index contributed by atoms with van der Waals surface area (Å²) in [6.07, 6.45) is 0. The molecule has 0 unspecified atom stereocenters. The predicted octanol–water partition coefficient (Wildman–Crippen LogP) is -0.145. The largest absolute Gasteiger partial charge is 0.741 e. The van der Waals surface area contributed by atoms with Crippen molar-refractivity contribution < 1.29 is 52.1 Å². The monoisotopic (exact) mass is 458 g/mol. The molecular weight excluding hydrogens is 448 g/mol. The number of hydrogen-bond acceptors (Lipinski definition) is 4. The zero-order chi connectivity index (χ0) is 17.3. The van der Waals surface area contributed by atoms with Crippen LogP contribution in [0.4, 0.5) is 13.2 Å². The molecule has 0 spiro atoms. The molecule has 0 saturated heterocycles. The maximum absolute atomic E-state index is 10.7. The molecule has 0 saturated carbocycles. The van der Waals surface area contributed by atoms with Crippen molar-refractivity contribution in [2.45, 2.75) is 5.51 Å². The second-order valence-corrected chi connectivity index (χ2v) is 8.53. The normalized spacial score (nSPS) is 12.7. The van der Waals surface area contributed by atoms with Gasteiger partial charge in [0.25, 0.3) is 0 Å². The molecule has 4 nitrogen and oxygen atoms in total. The van der Waals surface area contributed by atoms with Gasteiger partial charge in [0.15, 0.2) is 10.1 Å². The molecule has 1 heterocycles. The van der Waals surface area contributed by atoms with Gasteiger partial charge in [-0.1, -0.05) is 18.2 Å². The second kappa shape index (κ2) is 6.65. The third-order valence-electron chi connectivity index (χ3n) is 2.83. The van der Waals surface area contributed by atoms with E-state index in [1.165, 1.54) is 18.3 Å². The highest BCUT2D eigenvalue weighted by molar-refractivity contribution is 7.86. The number of hydrogen-bond donors (Lipinski definition) is 0. The molecule has 9 heteroatoms. The minimum Gasteiger partial charge on any atom is -0.741 e. The van der Waals surface area contributed by atoms with Crippen molar-refractivity contribution in [2.24, 2.45) is 0 Å². The molecule has 2 aromatic rings. The van der Waals surface area contributed by atoms with E-state index in [0.717, 1.165) is 5.75 Å². The van der Waals surface area contributed by atoms with Crippen molar-refractivity contribution in [3.05, 3.63) is 49.6 Å². The summed E-state index contributed by atoms with van der Waals surface area (Å²) in [7, 11) is -4.35. The molecule has 1 aliphatic heterocycles. The Labute approximate surface area is 141 Å². The fraction of sp³-hybridized carbons (Fsp3) is 0.143. The number of benzene rings is 2. The first-order valence-electron chi connectivity index (χ1n) is 6.08. The van der Waals surface area contributed by atoms with Crippen LogP contribution in [0.25, 0.3) is 11.1 Å². The van der Waals surface area contributed by atoms with Gasteiger partial charge in [0.05, 0.1) is 12.7 Å². The molecule has 3 rings (SSSR count). The van der Waals surface area contributed by atoms with E-state index in [1.807, 2.05) is 6.07 Å². The molecule has 0 aromatic heterocycles. The molecule has 0 aliphatic carbocycles. The number of methoxy groups -OCH3 is 1. The van der Waals surface area contributed by atoms with Gasteiger partial charge in [-0.2, -0.15) is 13.2 Å². The van der Waals surface area contributed by atoms with Gasteiger partial charge in [-0.3, -0.25) is 0 Å². The van der Waals surface area contributed by atoms with E-state index in [-0.39, 0.29) is 21.2 Å². The predicted molar refractivity (Wildman–Crippen MR) is 71.6 cm³/mol. The van der Waals surface area contributed by atoms with E-state index in [9.17, 15) is 13.2 Å². The number of alkyl halides is 3. The molecule has 1 aliphatic rings. The van der Waals surface area contributed by atoms with Gasteiger partial charge >= 0.3 is 26.7 Å². The quantitative estimate of drug-likeness (QED) is 0.289. The van der Waals surface area contributed by atoms with Crippen LogP contribution < -0.4 is 25.9 Å². The Morgan fingerprint density at radius 2 is 1.61 bits per heavy atom. The van der Waals surface area contributed by atoms with Crippen LogP contribution in [0, 0.1) is 7.14 Å². The molecule has 0 radical (unpaired) electrons. The zero-order valence-corrected chi connectivity index (χ0v) is 14.6. The van der Waals surface area contributed by atoms with Crippen molar-refractivity contribution in [2.75, 3.05) is 7.11 Å². The molecular formula is C14H10F3IO4S. The third-order valence-corrected chi connectivity index (χ3v) is 6.39. The van der Waals surface area contributed by atoms with Gasteiger partial charge < -0.3 is 9.29 Å². The van der Waals surface area contributed by atoms with Crippen LogP contribution >= 0.6 is 0 Å². The molecule has 23 heavy (non-hydrogen) atoms. The molecule has 2 aromatic carbocycles. The summed E-state index contributed by atoms with van der Waals surface area (Å²) in [4.78, 5) is 0. The molecule has 0 amide bonds. The summed E-state index contributed by atoms with van der Waals surface area (Å²) in [5, 5.41) is 0. The van der Waals surface area contributed by atoms with E-state index in [1.54, 1.807) is 7.11 Å². The van der Waals surface area contributed by atoms with Crippen molar-refractivity contribution in [1.29, 1.82) is 0 Å². The van der Waals surface area contributed by atoms with Crippen LogP contribution in [-0.4, -0.2) is 25.6 Å². The first-order valence-corrected chi connectivity index (χ1v) is 9.65. The Morgan fingerprint density at radius 1 is 1.04 bits per heavy atom. The van der Waals surface area contributed by atoms with E-state index >= 15 is 0 Å². The summed E-state index contributed by atoms with van der Waals surface area (Å²) in [6.45, 7) is 0. The standard InChI is InChI=1S/C13H10IO.CHF3O3S/c1-15-12-8-4-7-11-13(12)9-5-2-3-6-10(9)14-11;2-1(3,4)8(5,6)7/h2-8H,1H3;(H,5,6,7)/q+1;/p-1. The summed E-state index contributed by atoms with van der Waals surface area (Å²) >= 11 is -0.000115. The Hall–Kier alpha value is -1.33. The van der Waals surface area contributed by atoms with Crippen LogP contribution in [-0.2, 0) is 10.1 Å². The zero-order valence-electron chi connectivity index (χ0n) is 11.6. The topological polar surface area (TPSA) is 66.4 Å². The van der Waals surface area contributed by atoms with Gasteiger partial charge in [-0.15, -0.1) is 0 Å². The van der Waals surface area contributed by atoms with Gasteiger partial charge in [-0.25, -0.2) is 8.42 Å². The number of rotatable bonds is 1. The van der Waals surface area contributed by atoms with Crippen LogP contribution in [0.1, 0.15) is 0 Å². The smallest absolute Gasteiger partial charge is 0.485 e. The highest BCUT2D eigenvalue weighted by Crippen LogP contribution is 2.31. The maximum Gasteiger partial charge on any atom is 0.485 e. The van der Waals surface area contributed by atoms with Crippen LogP contribution in [0.5, 0.6) is 5.75 Å². The Balaban J connectivity index is 0.000000207. The maximum atomic E-state index is 10.7. The summed E-state index contributed by atoms with van der Waals surface area (Å²) in [5.41, 5.74) is -2.95. The summed E-state index contributed by atoms with van der Waals surface area (Å²) in [6, 6.07) is 15.0. The van der Waals surface area contributed by atoms with E-state index < -0.39 is 15.6 Å². The minimum absolute atomic E-state index is 0.000115. The first-order chi connectivity index (χ1) is 10.6. The fourth-order valence-corrected chi connectivity index (χ4v) is 4.84. The van der Waals surface area contributed by atoms with Gasteiger partial charge in [-0.05, 0) is 24.3 Å². The SMILES string of the molecule is COc1cccc2c1-c1ccccc1[I+]2.O=S(=O)([O-])C(F)(F)F. The lowest BCUT2D eigenvalue weighted by Crippen LogP contribution is -3.61. The van der Waals surface area contributed by atoms with E-state index in [4.69, 9.17) is 17.7 Å². The van der Waals surface area contributed by atoms with Gasteiger partial charge in [0, 0.05) is 5.56 Å². The molecule has 0 atom stereocenters. The highest BCUT2D eigenvalue weighted by Gasteiger charge is 2.37. The lowest BCUT2D eigenvalue weighted by molar-refractivity contribution is -0.589. The first kappa shape index (κ1) is 18.0. The van der Waals surface area contributed by atoms with Crippen molar-refractivity contribution in [3.63, 3.8) is 0 Å². The second-order valence-electron chi connectivity index (χ2n) is 4.29. The van der Waals surface area contributed by atoms with Crippen molar-refractivity contribution in [1.82, 2.24) is 0 Å². The van der Waals surface area contributed by atoms with E-state index in [2.05, 4.69) is 36.4 Å². The van der Waals surface area contributed by atoms with Crippen molar-refractivity contribution >= 4 is 10.1 Å². The Morgan fingerprint density at radius 3 is 2.17 bits per heavy atom.